The van der Waals surface area contributed by atoms with Gasteiger partial charge in [0.05, 0.1) is 11.3 Å². The third-order valence-corrected chi connectivity index (χ3v) is 2.65. The molecule has 1 aromatic carbocycles. The number of hydrogen-bond acceptors (Lipinski definition) is 3. The summed E-state index contributed by atoms with van der Waals surface area (Å²) in [4.78, 5) is 22.3. The summed E-state index contributed by atoms with van der Waals surface area (Å²) in [5.74, 6) is -1.82. The minimum absolute atomic E-state index is 0.217. The average molecular weight is 257 g/mol. The second-order valence-corrected chi connectivity index (χ2v) is 4.24. The number of carboxylic acid groups (broad SMARTS) is 1. The maximum absolute atomic E-state index is 13.4. The van der Waals surface area contributed by atoms with E-state index in [1.165, 1.54) is 23.9 Å². The fourth-order valence-corrected chi connectivity index (χ4v) is 1.62. The summed E-state index contributed by atoms with van der Waals surface area (Å²) >= 11 is 1.48. The van der Waals surface area contributed by atoms with Crippen molar-refractivity contribution in [2.24, 2.45) is 0 Å². The standard InChI is InChI=1S/C11H12FNO3S/c1-17-6-5-9(14)13-10-7(11(15)16)3-2-4-8(10)12/h2-4H,5-6H2,1H3,(H,13,14)(H,15,16). The summed E-state index contributed by atoms with van der Waals surface area (Å²) in [5, 5.41) is 11.1. The fraction of sp³-hybridized carbons (Fsp3) is 0.273. The van der Waals surface area contributed by atoms with Crippen molar-refractivity contribution in [3.05, 3.63) is 29.6 Å². The quantitative estimate of drug-likeness (QED) is 0.848. The zero-order valence-electron chi connectivity index (χ0n) is 9.20. The van der Waals surface area contributed by atoms with Crippen LogP contribution in [0, 0.1) is 5.82 Å². The number of anilines is 1. The molecular formula is C11H12FNO3S. The monoisotopic (exact) mass is 257 g/mol. The number of para-hydroxylation sites is 1. The van der Waals surface area contributed by atoms with Gasteiger partial charge in [0.25, 0.3) is 0 Å². The van der Waals surface area contributed by atoms with Crippen molar-refractivity contribution in [1.29, 1.82) is 0 Å². The Kier molecular flexibility index (Phi) is 4.96. The second kappa shape index (κ2) is 6.24. The van der Waals surface area contributed by atoms with Gasteiger partial charge in [-0.05, 0) is 18.4 Å². The van der Waals surface area contributed by atoms with E-state index < -0.39 is 17.7 Å². The first-order valence-corrected chi connectivity index (χ1v) is 6.26. The fourth-order valence-electron chi connectivity index (χ4n) is 1.23. The molecule has 1 aromatic rings. The molecule has 4 nitrogen and oxygen atoms in total. The topological polar surface area (TPSA) is 66.4 Å². The first-order valence-electron chi connectivity index (χ1n) is 4.87. The molecule has 0 aromatic heterocycles. The molecule has 0 aliphatic rings. The summed E-state index contributed by atoms with van der Waals surface area (Å²) in [5.41, 5.74) is -0.520. The Hall–Kier alpha value is -1.56. The maximum Gasteiger partial charge on any atom is 0.337 e. The van der Waals surface area contributed by atoms with Gasteiger partial charge < -0.3 is 10.4 Å². The molecule has 0 aliphatic heterocycles. The van der Waals surface area contributed by atoms with Crippen LogP contribution in [0.2, 0.25) is 0 Å². The highest BCUT2D eigenvalue weighted by molar-refractivity contribution is 7.98. The molecule has 0 atom stereocenters. The minimum Gasteiger partial charge on any atom is -0.478 e. The zero-order chi connectivity index (χ0) is 12.8. The molecule has 0 bridgehead atoms. The predicted molar refractivity (Wildman–Crippen MR) is 65.0 cm³/mol. The molecule has 0 saturated heterocycles. The number of carbonyl (C=O) groups excluding carboxylic acids is 1. The second-order valence-electron chi connectivity index (χ2n) is 3.26. The van der Waals surface area contributed by atoms with E-state index >= 15 is 0 Å². The highest BCUT2D eigenvalue weighted by atomic mass is 32.2. The predicted octanol–water partition coefficient (Wildman–Crippen LogP) is 2.22. The molecule has 0 radical (unpaired) electrons. The van der Waals surface area contributed by atoms with Crippen LogP contribution in [0.1, 0.15) is 16.8 Å². The molecular weight excluding hydrogens is 245 g/mol. The summed E-state index contributed by atoms with van der Waals surface area (Å²) in [6.07, 6.45) is 2.06. The molecule has 0 aliphatic carbocycles. The molecule has 0 heterocycles. The van der Waals surface area contributed by atoms with Crippen molar-refractivity contribution in [2.45, 2.75) is 6.42 Å². The highest BCUT2D eigenvalue weighted by Gasteiger charge is 2.16. The molecule has 0 fully saturated rings. The SMILES string of the molecule is CSCCC(=O)Nc1c(F)cccc1C(=O)O. The van der Waals surface area contributed by atoms with Crippen molar-refractivity contribution in [3.63, 3.8) is 0 Å². The van der Waals surface area contributed by atoms with E-state index in [0.717, 1.165) is 6.07 Å². The van der Waals surface area contributed by atoms with Crippen LogP contribution in [0.15, 0.2) is 18.2 Å². The first-order chi connectivity index (χ1) is 8.06. The smallest absolute Gasteiger partial charge is 0.337 e. The van der Waals surface area contributed by atoms with Gasteiger partial charge in [0, 0.05) is 12.2 Å². The van der Waals surface area contributed by atoms with Crippen LogP contribution < -0.4 is 5.32 Å². The van der Waals surface area contributed by atoms with E-state index in [4.69, 9.17) is 5.11 Å². The largest absolute Gasteiger partial charge is 0.478 e. The van der Waals surface area contributed by atoms with Gasteiger partial charge in [0.15, 0.2) is 0 Å². The van der Waals surface area contributed by atoms with Crippen LogP contribution in [0.4, 0.5) is 10.1 Å². The zero-order valence-corrected chi connectivity index (χ0v) is 10.0. The molecule has 6 heteroatoms. The van der Waals surface area contributed by atoms with Gasteiger partial charge in [0.1, 0.15) is 5.82 Å². The summed E-state index contributed by atoms with van der Waals surface area (Å²) in [6.45, 7) is 0. The van der Waals surface area contributed by atoms with Crippen molar-refractivity contribution in [1.82, 2.24) is 0 Å². The van der Waals surface area contributed by atoms with Gasteiger partial charge in [-0.2, -0.15) is 11.8 Å². The Bertz CT molecular complexity index is 437. The number of halogens is 1. The number of thioether (sulfide) groups is 1. The number of rotatable bonds is 5. The Balaban J connectivity index is 2.89. The molecule has 1 rings (SSSR count). The number of carbonyl (C=O) groups is 2. The van der Waals surface area contributed by atoms with Gasteiger partial charge in [-0.3, -0.25) is 4.79 Å². The van der Waals surface area contributed by atoms with E-state index in [9.17, 15) is 14.0 Å². The van der Waals surface area contributed by atoms with E-state index in [1.807, 2.05) is 6.26 Å². The van der Waals surface area contributed by atoms with Crippen molar-refractivity contribution in [2.75, 3.05) is 17.3 Å². The molecule has 0 saturated carbocycles. The van der Waals surface area contributed by atoms with Crippen LogP contribution in [-0.4, -0.2) is 29.0 Å². The minimum atomic E-state index is -1.27. The number of nitrogens with one attached hydrogen (secondary N) is 1. The van der Waals surface area contributed by atoms with Crippen molar-refractivity contribution < 1.29 is 19.1 Å². The lowest BCUT2D eigenvalue weighted by atomic mass is 10.1. The third kappa shape index (κ3) is 3.74. The van der Waals surface area contributed by atoms with Gasteiger partial charge in [-0.1, -0.05) is 6.07 Å². The van der Waals surface area contributed by atoms with Crippen LogP contribution in [0.3, 0.4) is 0 Å². The number of carboxylic acids is 1. The van der Waals surface area contributed by atoms with Crippen LogP contribution >= 0.6 is 11.8 Å². The Morgan fingerprint density at radius 1 is 1.47 bits per heavy atom. The lowest BCUT2D eigenvalue weighted by Crippen LogP contribution is -2.16. The number of benzene rings is 1. The molecule has 2 N–H and O–H groups in total. The number of aromatic carboxylic acids is 1. The maximum atomic E-state index is 13.4. The van der Waals surface area contributed by atoms with Gasteiger partial charge in [-0.15, -0.1) is 0 Å². The lowest BCUT2D eigenvalue weighted by molar-refractivity contribution is -0.115. The normalized spacial score (nSPS) is 10.0. The Morgan fingerprint density at radius 2 is 2.18 bits per heavy atom. The van der Waals surface area contributed by atoms with Crippen molar-refractivity contribution in [3.8, 4) is 0 Å². The Labute approximate surface area is 102 Å². The summed E-state index contributed by atoms with van der Waals surface area (Å²) in [7, 11) is 0. The van der Waals surface area contributed by atoms with E-state index in [2.05, 4.69) is 5.32 Å². The Morgan fingerprint density at radius 3 is 2.76 bits per heavy atom. The highest BCUT2D eigenvalue weighted by Crippen LogP contribution is 2.20. The third-order valence-electron chi connectivity index (χ3n) is 2.04. The van der Waals surface area contributed by atoms with Gasteiger partial charge in [-0.25, -0.2) is 9.18 Å². The summed E-state index contributed by atoms with van der Waals surface area (Å²) < 4.78 is 13.4. The van der Waals surface area contributed by atoms with Crippen LogP contribution in [0.25, 0.3) is 0 Å². The first kappa shape index (κ1) is 13.5. The number of amides is 1. The van der Waals surface area contributed by atoms with E-state index in [0.29, 0.717) is 5.75 Å². The molecule has 17 heavy (non-hydrogen) atoms. The molecule has 0 spiro atoms. The van der Waals surface area contributed by atoms with E-state index in [1.54, 1.807) is 0 Å². The number of hydrogen-bond donors (Lipinski definition) is 2. The van der Waals surface area contributed by atoms with E-state index in [-0.39, 0.29) is 17.7 Å². The summed E-state index contributed by atoms with van der Waals surface area (Å²) in [6, 6.07) is 3.64. The molecule has 1 amide bonds. The molecule has 92 valence electrons. The average Bonchev–Trinajstić information content (AvgIpc) is 2.28. The van der Waals surface area contributed by atoms with Gasteiger partial charge in [0.2, 0.25) is 5.91 Å². The lowest BCUT2D eigenvalue weighted by Gasteiger charge is -2.08. The van der Waals surface area contributed by atoms with Crippen LogP contribution in [-0.2, 0) is 4.79 Å². The van der Waals surface area contributed by atoms with Crippen molar-refractivity contribution >= 4 is 29.3 Å². The van der Waals surface area contributed by atoms with Gasteiger partial charge >= 0.3 is 5.97 Å². The molecule has 0 unspecified atom stereocenters. The van der Waals surface area contributed by atoms with Crippen LogP contribution in [0.5, 0.6) is 0 Å².